The number of nitrogens with two attached hydrogens (primary N) is 1. The molecular formula is C11H17BrN2OS. The van der Waals surface area contributed by atoms with Crippen molar-refractivity contribution in [3.63, 3.8) is 0 Å². The summed E-state index contributed by atoms with van der Waals surface area (Å²) in [5.74, 6) is 5.62. The second-order valence-corrected chi connectivity index (χ2v) is 6.09. The second-order valence-electron chi connectivity index (χ2n) is 4.23. The van der Waals surface area contributed by atoms with Crippen molar-refractivity contribution in [2.24, 2.45) is 5.84 Å². The van der Waals surface area contributed by atoms with E-state index in [1.807, 2.05) is 0 Å². The van der Waals surface area contributed by atoms with Gasteiger partial charge < -0.3 is 4.74 Å². The number of thiophene rings is 1. The first kappa shape index (κ1) is 12.5. The minimum Gasteiger partial charge on any atom is -0.374 e. The van der Waals surface area contributed by atoms with Crippen LogP contribution in [-0.4, -0.2) is 18.2 Å². The summed E-state index contributed by atoms with van der Waals surface area (Å²) in [5, 5.41) is 2.09. The molecule has 1 saturated heterocycles. The molecule has 0 amide bonds. The highest BCUT2D eigenvalue weighted by Gasteiger charge is 2.29. The van der Waals surface area contributed by atoms with Crippen molar-refractivity contribution in [2.75, 3.05) is 0 Å². The van der Waals surface area contributed by atoms with Crippen molar-refractivity contribution in [3.05, 3.63) is 20.8 Å². The van der Waals surface area contributed by atoms with E-state index in [4.69, 9.17) is 10.6 Å². The van der Waals surface area contributed by atoms with Crippen LogP contribution in [0.2, 0.25) is 0 Å². The summed E-state index contributed by atoms with van der Waals surface area (Å²) in [6, 6.07) is 2.28. The first-order valence-corrected chi connectivity index (χ1v) is 7.21. The molecule has 5 heteroatoms. The van der Waals surface area contributed by atoms with Crippen LogP contribution in [0.4, 0.5) is 0 Å². The molecule has 0 radical (unpaired) electrons. The minimum absolute atomic E-state index is 0.208. The zero-order valence-electron chi connectivity index (χ0n) is 9.28. The predicted molar refractivity (Wildman–Crippen MR) is 70.4 cm³/mol. The summed E-state index contributed by atoms with van der Waals surface area (Å²) in [7, 11) is 0. The van der Waals surface area contributed by atoms with E-state index in [1.54, 1.807) is 11.3 Å². The highest BCUT2D eigenvalue weighted by Crippen LogP contribution is 2.28. The third-order valence-corrected chi connectivity index (χ3v) is 4.97. The molecule has 3 unspecified atom stereocenters. The third-order valence-electron chi connectivity index (χ3n) is 3.02. The van der Waals surface area contributed by atoms with Gasteiger partial charge in [-0.3, -0.25) is 11.3 Å². The van der Waals surface area contributed by atoms with Crippen LogP contribution in [0.1, 0.15) is 24.6 Å². The average molecular weight is 305 g/mol. The fourth-order valence-corrected chi connectivity index (χ4v) is 3.67. The largest absolute Gasteiger partial charge is 0.374 e. The van der Waals surface area contributed by atoms with Crippen LogP contribution >= 0.6 is 27.3 Å². The standard InChI is InChI=1S/C11H17BrN2OS/c1-7-2-3-10(15-7)9(14-13)6-11-8(12)4-5-16-11/h4-5,7,9-10,14H,2-3,6,13H2,1H3. The summed E-state index contributed by atoms with van der Waals surface area (Å²) < 4.78 is 7.02. The van der Waals surface area contributed by atoms with Crippen molar-refractivity contribution in [3.8, 4) is 0 Å². The molecule has 3 N–H and O–H groups in total. The van der Waals surface area contributed by atoms with Crippen molar-refractivity contribution in [1.29, 1.82) is 0 Å². The number of halogens is 1. The van der Waals surface area contributed by atoms with E-state index in [0.717, 1.165) is 19.3 Å². The molecule has 0 aromatic carbocycles. The van der Waals surface area contributed by atoms with Gasteiger partial charge >= 0.3 is 0 Å². The van der Waals surface area contributed by atoms with E-state index >= 15 is 0 Å². The Morgan fingerprint density at radius 3 is 3.00 bits per heavy atom. The van der Waals surface area contributed by atoms with Crippen molar-refractivity contribution in [1.82, 2.24) is 5.43 Å². The van der Waals surface area contributed by atoms with E-state index < -0.39 is 0 Å². The minimum atomic E-state index is 0.208. The topological polar surface area (TPSA) is 47.3 Å². The number of hydrogen-bond acceptors (Lipinski definition) is 4. The summed E-state index contributed by atoms with van der Waals surface area (Å²) in [4.78, 5) is 1.33. The molecule has 1 aliphatic heterocycles. The summed E-state index contributed by atoms with van der Waals surface area (Å²) in [6.45, 7) is 2.12. The second kappa shape index (κ2) is 5.60. The van der Waals surface area contributed by atoms with E-state index in [0.29, 0.717) is 6.10 Å². The van der Waals surface area contributed by atoms with Gasteiger partial charge in [-0.15, -0.1) is 11.3 Å². The maximum atomic E-state index is 5.85. The number of hydrazine groups is 1. The smallest absolute Gasteiger partial charge is 0.0749 e. The van der Waals surface area contributed by atoms with Gasteiger partial charge in [0.15, 0.2) is 0 Å². The molecule has 16 heavy (non-hydrogen) atoms. The van der Waals surface area contributed by atoms with Crippen molar-refractivity contribution >= 4 is 27.3 Å². The van der Waals surface area contributed by atoms with Gasteiger partial charge in [-0.1, -0.05) is 0 Å². The molecule has 0 spiro atoms. The third kappa shape index (κ3) is 2.84. The highest BCUT2D eigenvalue weighted by molar-refractivity contribution is 9.10. The van der Waals surface area contributed by atoms with Gasteiger partial charge in [-0.2, -0.15) is 0 Å². The molecule has 2 heterocycles. The van der Waals surface area contributed by atoms with Gasteiger partial charge in [-0.25, -0.2) is 0 Å². The first-order valence-electron chi connectivity index (χ1n) is 5.54. The van der Waals surface area contributed by atoms with E-state index in [1.165, 1.54) is 9.35 Å². The quantitative estimate of drug-likeness (QED) is 0.663. The average Bonchev–Trinajstić information content (AvgIpc) is 2.85. The number of nitrogens with one attached hydrogen (secondary N) is 1. The Morgan fingerprint density at radius 1 is 1.69 bits per heavy atom. The Balaban J connectivity index is 1.98. The van der Waals surface area contributed by atoms with Gasteiger partial charge in [0.05, 0.1) is 18.2 Å². The first-order chi connectivity index (χ1) is 7.70. The maximum absolute atomic E-state index is 5.85. The predicted octanol–water partition coefficient (Wildman–Crippen LogP) is 2.45. The zero-order chi connectivity index (χ0) is 11.5. The van der Waals surface area contributed by atoms with Gasteiger partial charge in [0, 0.05) is 15.8 Å². The number of ether oxygens (including phenoxy) is 1. The lowest BCUT2D eigenvalue weighted by Gasteiger charge is -2.22. The normalized spacial score (nSPS) is 27.2. The molecule has 1 aromatic rings. The van der Waals surface area contributed by atoms with Crippen molar-refractivity contribution in [2.45, 2.75) is 44.4 Å². The lowest BCUT2D eigenvalue weighted by Crippen LogP contribution is -2.45. The molecule has 1 aliphatic rings. The molecule has 1 aromatic heterocycles. The lowest BCUT2D eigenvalue weighted by molar-refractivity contribution is 0.0322. The molecule has 0 bridgehead atoms. The Bertz CT molecular complexity index is 344. The van der Waals surface area contributed by atoms with E-state index in [9.17, 15) is 0 Å². The Hall–Kier alpha value is 0.0600. The fourth-order valence-electron chi connectivity index (χ4n) is 2.10. The lowest BCUT2D eigenvalue weighted by atomic mass is 10.0. The van der Waals surface area contributed by atoms with E-state index in [-0.39, 0.29) is 12.1 Å². The van der Waals surface area contributed by atoms with Crippen LogP contribution in [0.5, 0.6) is 0 Å². The van der Waals surface area contributed by atoms with Crippen LogP contribution in [0.3, 0.4) is 0 Å². The Labute approximate surface area is 108 Å². The fraction of sp³-hybridized carbons (Fsp3) is 0.636. The molecule has 0 saturated carbocycles. The maximum Gasteiger partial charge on any atom is 0.0749 e. The van der Waals surface area contributed by atoms with Gasteiger partial charge in [0.2, 0.25) is 0 Å². The molecule has 2 rings (SSSR count). The van der Waals surface area contributed by atoms with Crippen LogP contribution < -0.4 is 11.3 Å². The summed E-state index contributed by atoms with van der Waals surface area (Å²) in [5.41, 5.74) is 2.89. The molecule has 0 aliphatic carbocycles. The molecule has 90 valence electrons. The Morgan fingerprint density at radius 2 is 2.50 bits per heavy atom. The van der Waals surface area contributed by atoms with Crippen molar-refractivity contribution < 1.29 is 4.74 Å². The molecule has 1 fully saturated rings. The number of hydrogen-bond donors (Lipinski definition) is 2. The molecule has 3 nitrogen and oxygen atoms in total. The van der Waals surface area contributed by atoms with Gasteiger partial charge in [-0.05, 0) is 47.1 Å². The van der Waals surface area contributed by atoms with Crippen LogP contribution in [-0.2, 0) is 11.2 Å². The zero-order valence-corrected chi connectivity index (χ0v) is 11.7. The monoisotopic (exact) mass is 304 g/mol. The van der Waals surface area contributed by atoms with Crippen LogP contribution in [0.25, 0.3) is 0 Å². The summed E-state index contributed by atoms with van der Waals surface area (Å²) >= 11 is 5.30. The molecule has 3 atom stereocenters. The molecular weight excluding hydrogens is 288 g/mol. The summed E-state index contributed by atoms with van der Waals surface area (Å²) in [6.07, 6.45) is 3.77. The van der Waals surface area contributed by atoms with Gasteiger partial charge in [0.1, 0.15) is 0 Å². The SMILES string of the molecule is CC1CCC(C(Cc2sccc2Br)NN)O1. The van der Waals surface area contributed by atoms with Gasteiger partial charge in [0.25, 0.3) is 0 Å². The Kier molecular flexibility index (Phi) is 4.38. The number of rotatable bonds is 4. The van der Waals surface area contributed by atoms with E-state index in [2.05, 4.69) is 39.7 Å². The van der Waals surface area contributed by atoms with Crippen LogP contribution in [0.15, 0.2) is 15.9 Å². The highest BCUT2D eigenvalue weighted by atomic mass is 79.9. The van der Waals surface area contributed by atoms with Crippen LogP contribution in [0, 0.1) is 0 Å².